The molecule has 0 aliphatic heterocycles. The number of rotatable bonds is 6. The van der Waals surface area contributed by atoms with Crippen LogP contribution in [0.3, 0.4) is 0 Å². The summed E-state index contributed by atoms with van der Waals surface area (Å²) in [4.78, 5) is 20.3. The summed E-state index contributed by atoms with van der Waals surface area (Å²) in [6.45, 7) is 1.99. The number of nitrogen functional groups attached to an aromatic ring is 1. The fourth-order valence-corrected chi connectivity index (χ4v) is 3.48. The highest BCUT2D eigenvalue weighted by atomic mass is 32.2. The minimum Gasteiger partial charge on any atom is -0.368 e. The number of hydrogen-bond donors (Lipinski definition) is 2. The molecule has 3 aromatic heterocycles. The summed E-state index contributed by atoms with van der Waals surface area (Å²) in [7, 11) is 3.73. The molecule has 10 heteroatoms. The lowest BCUT2D eigenvalue weighted by Gasteiger charge is -2.13. The first-order valence-corrected chi connectivity index (χ1v) is 9.06. The van der Waals surface area contributed by atoms with Crippen molar-refractivity contribution in [3.8, 4) is 0 Å². The molecule has 1 unspecified atom stereocenters. The quantitative estimate of drug-likeness (QED) is 0.642. The van der Waals surface area contributed by atoms with E-state index in [1.807, 2.05) is 27.1 Å². The second-order valence-corrected chi connectivity index (χ2v) is 7.67. The molecule has 0 aliphatic rings. The Morgan fingerprint density at radius 2 is 2.12 bits per heavy atom. The third-order valence-electron chi connectivity index (χ3n) is 3.14. The van der Waals surface area contributed by atoms with Gasteiger partial charge in [0, 0.05) is 25.4 Å². The van der Waals surface area contributed by atoms with E-state index in [0.717, 1.165) is 12.2 Å². The lowest BCUT2D eigenvalue weighted by atomic mass is 10.3. The molecule has 0 spiro atoms. The van der Waals surface area contributed by atoms with Gasteiger partial charge in [0.05, 0.1) is 5.25 Å². The normalized spacial score (nSPS) is 12.3. The van der Waals surface area contributed by atoms with Crippen molar-refractivity contribution in [3.05, 3.63) is 34.0 Å². The van der Waals surface area contributed by atoms with Gasteiger partial charge in [0.15, 0.2) is 0 Å². The fourth-order valence-electron chi connectivity index (χ4n) is 1.98. The molecule has 0 saturated carbocycles. The number of thiophene rings is 1. The maximum Gasteiger partial charge on any atom is 0.229 e. The van der Waals surface area contributed by atoms with Crippen molar-refractivity contribution < 1.29 is 0 Å². The maximum absolute atomic E-state index is 5.77. The molecule has 8 nitrogen and oxygen atoms in total. The third kappa shape index (κ3) is 4.01. The molecule has 0 amide bonds. The number of nitrogens with one attached hydrogen (secondary N) is 1. The molecular weight excluding hydrogens is 344 g/mol. The lowest BCUT2D eigenvalue weighted by Crippen LogP contribution is -2.16. The molecule has 3 rings (SSSR count). The Bertz CT molecular complexity index is 799. The molecule has 0 saturated heterocycles. The van der Waals surface area contributed by atoms with E-state index in [1.165, 1.54) is 16.6 Å². The van der Waals surface area contributed by atoms with Gasteiger partial charge in [-0.1, -0.05) is 17.8 Å². The first kappa shape index (κ1) is 16.7. The Balaban J connectivity index is 1.71. The summed E-state index contributed by atoms with van der Waals surface area (Å²) < 4.78 is 0. The third-order valence-corrected chi connectivity index (χ3v) is 4.97. The number of aromatic nitrogens is 6. The van der Waals surface area contributed by atoms with Gasteiger partial charge >= 0.3 is 0 Å². The van der Waals surface area contributed by atoms with E-state index >= 15 is 0 Å². The number of nitrogens with two attached hydrogens (primary N) is 1. The summed E-state index contributed by atoms with van der Waals surface area (Å²) >= 11 is 3.19. The molecule has 0 radical (unpaired) electrons. The summed E-state index contributed by atoms with van der Waals surface area (Å²) in [6, 6.07) is 4.11. The molecule has 0 aromatic carbocycles. The van der Waals surface area contributed by atoms with Crippen molar-refractivity contribution in [2.45, 2.75) is 23.8 Å². The number of nitrogens with zero attached hydrogens (tertiary/aromatic N) is 6. The fraction of sp³-hybridized carbons (Fsp3) is 0.357. The standard InChI is InChI=1S/C14H18N8S2/c1-8(11-17-12(15)19-13(18-11)22(2)3)24-14-16-10(20-21-14)7-9-5-4-6-23-9/h4-6,8H,7H2,1-3H3,(H,16,20,21)(H2,15,17,18,19). The number of hydrogen-bond acceptors (Lipinski definition) is 9. The van der Waals surface area contributed by atoms with Crippen LogP contribution < -0.4 is 10.6 Å². The van der Waals surface area contributed by atoms with Crippen molar-refractivity contribution in [3.63, 3.8) is 0 Å². The Kier molecular flexibility index (Phi) is 4.95. The average Bonchev–Trinajstić information content (AvgIpc) is 3.19. The zero-order valence-electron chi connectivity index (χ0n) is 13.6. The Morgan fingerprint density at radius 1 is 1.29 bits per heavy atom. The highest BCUT2D eigenvalue weighted by molar-refractivity contribution is 7.99. The average molecular weight is 362 g/mol. The van der Waals surface area contributed by atoms with E-state index in [9.17, 15) is 0 Å². The van der Waals surface area contributed by atoms with Crippen LogP contribution in [-0.4, -0.2) is 44.2 Å². The van der Waals surface area contributed by atoms with Crippen molar-refractivity contribution >= 4 is 35.0 Å². The zero-order valence-corrected chi connectivity index (χ0v) is 15.2. The summed E-state index contributed by atoms with van der Waals surface area (Å²) in [6.07, 6.45) is 0.753. The van der Waals surface area contributed by atoms with E-state index in [4.69, 9.17) is 5.73 Å². The van der Waals surface area contributed by atoms with Crippen LogP contribution in [0, 0.1) is 0 Å². The first-order chi connectivity index (χ1) is 11.5. The highest BCUT2D eigenvalue weighted by Gasteiger charge is 2.17. The van der Waals surface area contributed by atoms with Crippen molar-refractivity contribution in [1.82, 2.24) is 30.1 Å². The zero-order chi connectivity index (χ0) is 17.1. The topological polar surface area (TPSA) is 110 Å². The molecular formula is C14H18N8S2. The van der Waals surface area contributed by atoms with E-state index in [-0.39, 0.29) is 11.2 Å². The van der Waals surface area contributed by atoms with Crippen LogP contribution in [-0.2, 0) is 6.42 Å². The highest BCUT2D eigenvalue weighted by Crippen LogP contribution is 2.31. The van der Waals surface area contributed by atoms with Crippen LogP contribution in [0.4, 0.5) is 11.9 Å². The number of thioether (sulfide) groups is 1. The second-order valence-electron chi connectivity index (χ2n) is 5.33. The van der Waals surface area contributed by atoms with Crippen molar-refractivity contribution in [2.24, 2.45) is 0 Å². The van der Waals surface area contributed by atoms with Crippen molar-refractivity contribution in [1.29, 1.82) is 0 Å². The van der Waals surface area contributed by atoms with Crippen LogP contribution >= 0.6 is 23.1 Å². The van der Waals surface area contributed by atoms with Gasteiger partial charge in [-0.05, 0) is 18.4 Å². The molecule has 3 N–H and O–H groups in total. The monoisotopic (exact) mass is 362 g/mol. The Labute approximate surface area is 148 Å². The van der Waals surface area contributed by atoms with Crippen LogP contribution in [0.5, 0.6) is 0 Å². The predicted molar refractivity (Wildman–Crippen MR) is 96.3 cm³/mol. The summed E-state index contributed by atoms with van der Waals surface area (Å²) in [5.74, 6) is 2.21. The minimum absolute atomic E-state index is 0.0422. The van der Waals surface area contributed by atoms with Crippen LogP contribution in [0.2, 0.25) is 0 Å². The van der Waals surface area contributed by atoms with E-state index in [2.05, 4.69) is 41.6 Å². The lowest BCUT2D eigenvalue weighted by molar-refractivity contribution is 0.858. The largest absolute Gasteiger partial charge is 0.368 e. The second kappa shape index (κ2) is 7.14. The molecule has 1 atom stereocenters. The van der Waals surface area contributed by atoms with Gasteiger partial charge < -0.3 is 10.6 Å². The molecule has 0 aliphatic carbocycles. The van der Waals surface area contributed by atoms with Gasteiger partial charge in [-0.2, -0.15) is 15.0 Å². The molecule has 24 heavy (non-hydrogen) atoms. The SMILES string of the molecule is CC(Sc1n[nH]c(Cc2cccs2)n1)c1nc(N)nc(N(C)C)n1. The van der Waals surface area contributed by atoms with E-state index in [1.54, 1.807) is 16.2 Å². The predicted octanol–water partition coefficient (Wildman–Crippen LogP) is 2.14. The number of anilines is 2. The van der Waals surface area contributed by atoms with Crippen LogP contribution in [0.1, 0.15) is 28.7 Å². The molecule has 0 fully saturated rings. The van der Waals surface area contributed by atoms with Crippen LogP contribution in [0.25, 0.3) is 0 Å². The molecule has 126 valence electrons. The Hall–Kier alpha value is -2.20. The van der Waals surface area contributed by atoms with Crippen molar-refractivity contribution in [2.75, 3.05) is 24.7 Å². The van der Waals surface area contributed by atoms with Gasteiger partial charge in [-0.3, -0.25) is 5.10 Å². The van der Waals surface area contributed by atoms with E-state index in [0.29, 0.717) is 16.9 Å². The minimum atomic E-state index is -0.0422. The Morgan fingerprint density at radius 3 is 2.83 bits per heavy atom. The number of H-pyrrole nitrogens is 1. The summed E-state index contributed by atoms with van der Waals surface area (Å²) in [5, 5.41) is 9.92. The number of aromatic amines is 1. The van der Waals surface area contributed by atoms with Gasteiger partial charge in [0.25, 0.3) is 0 Å². The van der Waals surface area contributed by atoms with Gasteiger partial charge in [0.2, 0.25) is 17.1 Å². The van der Waals surface area contributed by atoms with Crippen LogP contribution in [0.15, 0.2) is 22.7 Å². The molecule has 3 aromatic rings. The maximum atomic E-state index is 5.77. The summed E-state index contributed by atoms with van der Waals surface area (Å²) in [5.41, 5.74) is 5.77. The molecule has 0 bridgehead atoms. The first-order valence-electron chi connectivity index (χ1n) is 7.30. The van der Waals surface area contributed by atoms with E-state index < -0.39 is 0 Å². The van der Waals surface area contributed by atoms with Gasteiger partial charge in [-0.15, -0.1) is 16.4 Å². The van der Waals surface area contributed by atoms with Gasteiger partial charge in [0.1, 0.15) is 11.6 Å². The molecule has 3 heterocycles. The smallest absolute Gasteiger partial charge is 0.229 e. The van der Waals surface area contributed by atoms with Gasteiger partial charge in [-0.25, -0.2) is 4.98 Å².